The van der Waals surface area contributed by atoms with Gasteiger partial charge in [-0.15, -0.1) is 68.3 Å². The van der Waals surface area contributed by atoms with Gasteiger partial charge < -0.3 is 60.7 Å². The number of amides is 2. The SMILES string of the molecule is C.C.C.CC1(C)OB(B2OC(C)(C)C(C)(C)O2)OC1(C)C.N#CCCCCl.NC(=O)c1cnc(N)c2cc(Br)sc12.O=Cc1cc(Br)cs1.[C-]#[N+]C1CCOC1c1cc(-c2cc3c(N)ncc(C(N)=O)c3s2)cs1.[C-]#[N+]C1CCOC1c1cc(Br)cs1. The second-order valence-electron chi connectivity index (χ2n) is 20.9. The number of halogens is 4. The first-order valence-corrected chi connectivity index (χ1v) is 33.0. The summed E-state index contributed by atoms with van der Waals surface area (Å²) in [5.74, 6) is 0.387. The number of hydrogen-bond donors (Lipinski definition) is 4. The number of fused-ring (bicyclic) bond motifs is 2. The van der Waals surface area contributed by atoms with Crippen molar-refractivity contribution in [3.63, 3.8) is 0 Å². The first-order chi connectivity index (χ1) is 39.6. The summed E-state index contributed by atoms with van der Waals surface area (Å²) in [4.78, 5) is 51.8. The number of primary amides is 2. The Kier molecular flexibility index (Phi) is 29.7. The standard InChI is InChI=1S/C17H14N4O2S2.C12H24B2O4.C9H8BrNOS.C8H6BrN3OS.C5H3BrOS.C4H6ClN.3CH4/c1-20-11-2-3-23-14(11)13-4-8(7-24-13)12-5-9-15(25-12)10(17(19)22)6-21-16(9)18;1-9(2)10(3,4)16-13(15-9)14-17-11(5,6)12(7,8)18-14;1-11-7-2-3-12-9(7)8-4-6(10)5-13-8;9-5-1-3-6(14-5)4(8(11)13)2-12-7(3)10;6-4-1-5(2-7)8-3-4;5-3-1-2-4-6;;;/h4-7,11,14H,2-3H2,(H2,18,21)(H2,19,22);1-8H3;4-5,7,9H,2-3H2;1-2H,(H2,10,12)(H2,11,13);1-3H;1-3H2;3*1H4. The van der Waals surface area contributed by atoms with Gasteiger partial charge in [-0.2, -0.15) is 5.26 Å². The zero-order valence-corrected chi connectivity index (χ0v) is 56.6. The van der Waals surface area contributed by atoms with Crippen LogP contribution in [-0.4, -0.2) is 95.7 Å². The molecule has 11 rings (SSSR count). The van der Waals surface area contributed by atoms with Crippen molar-refractivity contribution in [2.75, 3.05) is 30.6 Å². The molecule has 18 nitrogen and oxygen atoms in total. The maximum absolute atomic E-state index is 11.6. The number of anilines is 2. The fraction of sp³-hybridized carbons (Fsp3) is 0.448. The molecule has 0 bridgehead atoms. The fourth-order valence-corrected chi connectivity index (χ4v) is 15.0. The zero-order chi connectivity index (χ0) is 61.9. The molecule has 0 saturated carbocycles. The molecule has 0 aliphatic carbocycles. The van der Waals surface area contributed by atoms with Crippen molar-refractivity contribution in [1.29, 1.82) is 5.26 Å². The summed E-state index contributed by atoms with van der Waals surface area (Å²) < 4.78 is 39.6. The number of pyridine rings is 2. The minimum atomic E-state index is -0.517. The quantitative estimate of drug-likeness (QED) is 0.0344. The molecule has 4 fully saturated rings. The highest BCUT2D eigenvalue weighted by Crippen LogP contribution is 2.45. The molecular formula is C58H73B2Br3ClN9O9S5. The Morgan fingerprint density at radius 3 is 1.53 bits per heavy atom. The van der Waals surface area contributed by atoms with E-state index in [4.69, 9.17) is 81.0 Å². The van der Waals surface area contributed by atoms with Crippen molar-refractivity contribution in [2.45, 2.75) is 150 Å². The second kappa shape index (κ2) is 33.6. The van der Waals surface area contributed by atoms with E-state index in [1.807, 2.05) is 95.8 Å². The topological polar surface area (TPSA) is 269 Å². The minimum absolute atomic E-state index is 0. The fourth-order valence-electron chi connectivity index (χ4n) is 8.16. The second-order valence-corrected chi connectivity index (χ2v) is 29.5. The highest BCUT2D eigenvalue weighted by Gasteiger charge is 2.63. The summed E-state index contributed by atoms with van der Waals surface area (Å²) in [6, 6.07) is 11.5. The lowest BCUT2D eigenvalue weighted by Gasteiger charge is -2.32. The molecule has 4 atom stereocenters. The number of carbonyl (C=O) groups is 3. The Hall–Kier alpha value is -4.38. The van der Waals surface area contributed by atoms with E-state index in [1.54, 1.807) is 28.7 Å². The molecule has 87 heavy (non-hydrogen) atoms. The van der Waals surface area contributed by atoms with Gasteiger partial charge >= 0.3 is 14.0 Å². The highest BCUT2D eigenvalue weighted by molar-refractivity contribution is 9.11. The number of thiophene rings is 5. The Balaban J connectivity index is 0.000000286. The van der Waals surface area contributed by atoms with E-state index < -0.39 is 25.8 Å². The van der Waals surface area contributed by atoms with Crippen LogP contribution >= 0.6 is 116 Å². The van der Waals surface area contributed by atoms with Crippen molar-refractivity contribution in [2.24, 2.45) is 11.5 Å². The average Bonchev–Trinajstić information content (AvgIpc) is 1.66. The maximum Gasteiger partial charge on any atom is 0.488 e. The Bertz CT molecular complexity index is 3510. The predicted octanol–water partition coefficient (Wildman–Crippen LogP) is 16.5. The Morgan fingerprint density at radius 1 is 0.713 bits per heavy atom. The summed E-state index contributed by atoms with van der Waals surface area (Å²) >= 11 is 22.7. The van der Waals surface area contributed by atoms with E-state index in [1.165, 1.54) is 46.4 Å². The molecule has 4 unspecified atom stereocenters. The third kappa shape index (κ3) is 19.3. The molecular weight excluding hydrogens is 1420 g/mol. The minimum Gasteiger partial charge on any atom is -0.405 e. The lowest BCUT2D eigenvalue weighted by molar-refractivity contribution is 0.00578. The molecule has 4 aliphatic rings. The number of hydrogen-bond acceptors (Lipinski definition) is 19. The molecule has 4 saturated heterocycles. The number of nitrogens with zero attached hydrogens (tertiary/aromatic N) is 5. The summed E-state index contributed by atoms with van der Waals surface area (Å²) in [6.45, 7) is 31.9. The summed E-state index contributed by atoms with van der Waals surface area (Å²) in [7, 11) is -0.952. The molecule has 0 radical (unpaired) electrons. The Labute approximate surface area is 561 Å². The molecule has 0 spiro atoms. The van der Waals surface area contributed by atoms with Crippen LogP contribution in [-0.2, 0) is 28.1 Å². The van der Waals surface area contributed by atoms with Crippen LogP contribution in [0, 0.1) is 24.5 Å². The zero-order valence-electron chi connectivity index (χ0n) is 47.0. The molecule has 0 aromatic carbocycles. The van der Waals surface area contributed by atoms with Gasteiger partial charge in [-0.3, -0.25) is 14.4 Å². The largest absolute Gasteiger partial charge is 0.488 e. The number of aldehydes is 1. The lowest BCUT2D eigenvalue weighted by atomic mass is 9.49. The van der Waals surface area contributed by atoms with Crippen molar-refractivity contribution in [1.82, 2.24) is 9.97 Å². The summed E-state index contributed by atoms with van der Waals surface area (Å²) in [5, 5.41) is 15.3. The first kappa shape index (κ1) is 76.9. The van der Waals surface area contributed by atoms with Gasteiger partial charge in [-0.25, -0.2) is 23.1 Å². The van der Waals surface area contributed by atoms with Crippen molar-refractivity contribution in [3.05, 3.63) is 120 Å². The van der Waals surface area contributed by atoms with Crippen LogP contribution in [0.15, 0.2) is 71.6 Å². The van der Waals surface area contributed by atoms with E-state index in [0.717, 1.165) is 83.5 Å². The monoisotopic (exact) mass is 1490 g/mol. The van der Waals surface area contributed by atoms with Crippen molar-refractivity contribution in [3.8, 4) is 16.5 Å². The number of nitrogen functional groups attached to an aromatic ring is 2. The van der Waals surface area contributed by atoms with Crippen LogP contribution in [0.5, 0.6) is 0 Å². The van der Waals surface area contributed by atoms with Gasteiger partial charge in [-0.05, 0) is 145 Å². The number of unbranched alkanes of at least 4 members (excludes halogenated alkanes) is 1. The smallest absolute Gasteiger partial charge is 0.405 e. The van der Waals surface area contributed by atoms with Gasteiger partial charge in [0.05, 0.1) is 70.9 Å². The number of carbonyl (C=O) groups excluding carboxylic acids is 3. The summed E-state index contributed by atoms with van der Waals surface area (Å²) in [5.41, 5.74) is 22.6. The molecule has 4 aliphatic heterocycles. The van der Waals surface area contributed by atoms with Gasteiger partial charge in [0.2, 0.25) is 0 Å². The molecule has 7 aromatic heterocycles. The van der Waals surface area contributed by atoms with E-state index >= 15 is 0 Å². The normalized spacial score (nSPS) is 19.5. The number of nitrogens with two attached hydrogens (primary N) is 4. The van der Waals surface area contributed by atoms with Gasteiger partial charge in [0.1, 0.15) is 11.6 Å². The van der Waals surface area contributed by atoms with E-state index in [9.17, 15) is 14.4 Å². The lowest BCUT2D eigenvalue weighted by Crippen LogP contribution is -2.41. The van der Waals surface area contributed by atoms with Crippen LogP contribution in [0.2, 0.25) is 0 Å². The van der Waals surface area contributed by atoms with Crippen LogP contribution < -0.4 is 22.9 Å². The number of ether oxygens (including phenoxy) is 2. The number of alkyl halides is 1. The van der Waals surface area contributed by atoms with E-state index in [0.29, 0.717) is 48.3 Å². The number of aromatic nitrogens is 2. The van der Waals surface area contributed by atoms with Crippen molar-refractivity contribution < 1.29 is 42.5 Å². The molecule has 29 heteroatoms. The molecule has 468 valence electrons. The third-order valence-corrected chi connectivity index (χ3v) is 21.6. The maximum atomic E-state index is 11.6. The van der Waals surface area contributed by atoms with Crippen LogP contribution in [0.25, 0.3) is 40.3 Å². The van der Waals surface area contributed by atoms with Crippen LogP contribution in [0.4, 0.5) is 11.6 Å². The first-order valence-electron chi connectivity index (χ1n) is 25.8. The van der Waals surface area contributed by atoms with Crippen LogP contribution in [0.3, 0.4) is 0 Å². The van der Waals surface area contributed by atoms with Gasteiger partial charge in [-0.1, -0.05) is 22.3 Å². The van der Waals surface area contributed by atoms with Crippen molar-refractivity contribution >= 4 is 180 Å². The van der Waals surface area contributed by atoms with E-state index in [2.05, 4.69) is 73.5 Å². The van der Waals surface area contributed by atoms with Crippen LogP contribution in [0.1, 0.15) is 156 Å². The average molecular weight is 1500 g/mol. The molecule has 11 heterocycles. The Morgan fingerprint density at radius 2 is 1.15 bits per heavy atom. The highest BCUT2D eigenvalue weighted by atomic mass is 79.9. The summed E-state index contributed by atoms with van der Waals surface area (Å²) in [6.07, 6.45) is 6.57. The number of rotatable bonds is 9. The van der Waals surface area contributed by atoms with Gasteiger partial charge in [0.15, 0.2) is 18.5 Å². The number of nitriles is 1. The third-order valence-electron chi connectivity index (χ3n) is 14.1. The van der Waals surface area contributed by atoms with Gasteiger partial charge in [0, 0.05) is 88.2 Å². The predicted molar refractivity (Wildman–Crippen MR) is 371 cm³/mol. The van der Waals surface area contributed by atoms with Gasteiger partial charge in [0.25, 0.3) is 23.9 Å². The molecule has 7 aromatic rings. The molecule has 8 N–H and O–H groups in total. The van der Waals surface area contributed by atoms with E-state index in [-0.39, 0.29) is 69.0 Å². The molecule has 2 amide bonds.